The van der Waals surface area contributed by atoms with Gasteiger partial charge in [0.1, 0.15) is 22.9 Å². The maximum absolute atomic E-state index is 13.9. The van der Waals surface area contributed by atoms with Crippen molar-refractivity contribution >= 4 is 29.3 Å². The molecule has 1 heterocycles. The van der Waals surface area contributed by atoms with Crippen molar-refractivity contribution in [3.8, 4) is 5.75 Å². The minimum atomic E-state index is -2.41. The third-order valence-electron chi connectivity index (χ3n) is 5.51. The van der Waals surface area contributed by atoms with Crippen molar-refractivity contribution in [2.24, 2.45) is 5.41 Å². The Balaban J connectivity index is 2.32. The van der Waals surface area contributed by atoms with Crippen LogP contribution in [-0.2, 0) is 38.1 Å². The van der Waals surface area contributed by atoms with Gasteiger partial charge in [0.2, 0.25) is 11.0 Å². The van der Waals surface area contributed by atoms with Crippen molar-refractivity contribution < 1.29 is 42.9 Å². The van der Waals surface area contributed by atoms with Crippen LogP contribution in [0, 0.1) is 5.41 Å². The monoisotopic (exact) mass is 472 g/mol. The first-order valence-corrected chi connectivity index (χ1v) is 10.7. The lowest BCUT2D eigenvalue weighted by Crippen LogP contribution is -2.69. The number of ether oxygens (including phenoxy) is 5. The van der Waals surface area contributed by atoms with Crippen molar-refractivity contribution in [2.75, 3.05) is 20.8 Å². The maximum atomic E-state index is 13.9. The van der Waals surface area contributed by atoms with E-state index in [0.717, 1.165) is 12.2 Å². The fraction of sp³-hybridized carbons (Fsp3) is 0.440. The van der Waals surface area contributed by atoms with Gasteiger partial charge >= 0.3 is 11.9 Å². The molecule has 0 saturated heterocycles. The number of esters is 2. The average Bonchev–Trinajstić information content (AvgIpc) is 2.77. The summed E-state index contributed by atoms with van der Waals surface area (Å²) in [6.07, 6.45) is 1.50. The van der Waals surface area contributed by atoms with Gasteiger partial charge in [0, 0.05) is 17.7 Å². The van der Waals surface area contributed by atoms with Crippen molar-refractivity contribution in [3.05, 3.63) is 47.7 Å². The number of allylic oxidation sites excluding steroid dienone is 2. The SMILES string of the molecule is CCOC(=O)[C@]12CC(=O)C=C(OC)[C@@]1(C(=O)OC(C)(C)C)C(=O)C=C(c1ccc(OC)cc1)O2. The number of carbonyl (C=O) groups is 4. The first-order chi connectivity index (χ1) is 15.9. The first kappa shape index (κ1) is 25.0. The summed E-state index contributed by atoms with van der Waals surface area (Å²) in [6, 6.07) is 6.52. The Morgan fingerprint density at radius 1 is 1.00 bits per heavy atom. The molecule has 2 aliphatic rings. The lowest BCUT2D eigenvalue weighted by Gasteiger charge is -2.49. The number of benzene rings is 1. The Kier molecular flexibility index (Phi) is 6.59. The van der Waals surface area contributed by atoms with Gasteiger partial charge in [-0.2, -0.15) is 0 Å². The topological polar surface area (TPSA) is 114 Å². The molecule has 34 heavy (non-hydrogen) atoms. The molecule has 0 unspecified atom stereocenters. The van der Waals surface area contributed by atoms with Gasteiger partial charge in [0.15, 0.2) is 11.6 Å². The van der Waals surface area contributed by atoms with Gasteiger partial charge in [-0.15, -0.1) is 0 Å². The van der Waals surface area contributed by atoms with Crippen LogP contribution < -0.4 is 4.74 Å². The molecule has 2 atom stereocenters. The van der Waals surface area contributed by atoms with Gasteiger partial charge < -0.3 is 23.7 Å². The van der Waals surface area contributed by atoms with Gasteiger partial charge in [-0.3, -0.25) is 14.4 Å². The van der Waals surface area contributed by atoms with Crippen molar-refractivity contribution in [3.63, 3.8) is 0 Å². The van der Waals surface area contributed by atoms with Crippen LogP contribution in [-0.4, -0.2) is 55.5 Å². The normalized spacial score (nSPS) is 24.2. The third kappa shape index (κ3) is 3.95. The van der Waals surface area contributed by atoms with Gasteiger partial charge in [0.05, 0.1) is 27.2 Å². The van der Waals surface area contributed by atoms with Gasteiger partial charge in [-0.1, -0.05) is 0 Å². The average molecular weight is 472 g/mol. The quantitative estimate of drug-likeness (QED) is 0.455. The Morgan fingerprint density at radius 3 is 2.18 bits per heavy atom. The highest BCUT2D eigenvalue weighted by atomic mass is 16.6. The molecule has 0 N–H and O–H groups in total. The molecule has 1 aromatic rings. The fourth-order valence-electron chi connectivity index (χ4n) is 4.10. The summed E-state index contributed by atoms with van der Waals surface area (Å²) in [5, 5.41) is 0. The Labute approximate surface area is 197 Å². The number of hydrogen-bond donors (Lipinski definition) is 0. The molecule has 9 heteroatoms. The van der Waals surface area contributed by atoms with E-state index in [1.54, 1.807) is 52.0 Å². The van der Waals surface area contributed by atoms with Crippen LogP contribution in [0.3, 0.4) is 0 Å². The lowest BCUT2D eigenvalue weighted by molar-refractivity contribution is -0.204. The van der Waals surface area contributed by atoms with E-state index in [1.807, 2.05) is 0 Å². The van der Waals surface area contributed by atoms with E-state index in [9.17, 15) is 19.2 Å². The molecule has 0 fully saturated rings. The molecule has 0 bridgehead atoms. The van der Waals surface area contributed by atoms with Crippen LogP contribution in [0.1, 0.15) is 39.7 Å². The molecule has 0 saturated carbocycles. The molecule has 182 valence electrons. The lowest BCUT2D eigenvalue weighted by atomic mass is 9.60. The van der Waals surface area contributed by atoms with Crippen molar-refractivity contribution in [2.45, 2.75) is 45.3 Å². The second-order valence-electron chi connectivity index (χ2n) is 8.86. The fourth-order valence-corrected chi connectivity index (χ4v) is 4.10. The molecule has 9 nitrogen and oxygen atoms in total. The summed E-state index contributed by atoms with van der Waals surface area (Å²) in [7, 11) is 2.70. The predicted molar refractivity (Wildman–Crippen MR) is 119 cm³/mol. The number of ketones is 2. The Bertz CT molecular complexity index is 1070. The van der Waals surface area contributed by atoms with Gasteiger partial charge in [-0.25, -0.2) is 4.79 Å². The Hall–Kier alpha value is -3.62. The molecule has 0 aromatic heterocycles. The highest BCUT2D eigenvalue weighted by Gasteiger charge is 2.76. The van der Waals surface area contributed by atoms with Crippen molar-refractivity contribution in [1.82, 2.24) is 0 Å². The standard InChI is InChI=1S/C25H28O9/c1-7-32-21(28)24-14-16(26)12-20(31-6)25(24,22(29)34-23(2,3)4)19(27)13-18(33-24)15-8-10-17(30-5)11-9-15/h8-13H,7,14H2,1-6H3/t24-,25-/m1/s1. The van der Waals surface area contributed by atoms with E-state index >= 15 is 0 Å². The first-order valence-electron chi connectivity index (χ1n) is 10.7. The molecule has 0 amide bonds. The van der Waals surface area contributed by atoms with Crippen LogP contribution in [0.25, 0.3) is 5.76 Å². The van der Waals surface area contributed by atoms with E-state index in [0.29, 0.717) is 11.3 Å². The summed E-state index contributed by atoms with van der Waals surface area (Å²) in [5.41, 5.74) is -5.38. The predicted octanol–water partition coefficient (Wildman–Crippen LogP) is 2.77. The Morgan fingerprint density at radius 2 is 1.65 bits per heavy atom. The number of carbonyl (C=O) groups excluding carboxylic acids is 4. The minimum Gasteiger partial charge on any atom is -0.499 e. The second kappa shape index (κ2) is 8.96. The summed E-state index contributed by atoms with van der Waals surface area (Å²) in [6.45, 7) is 6.33. The highest BCUT2D eigenvalue weighted by molar-refractivity contribution is 6.22. The highest BCUT2D eigenvalue weighted by Crippen LogP contribution is 2.54. The van der Waals surface area contributed by atoms with Crippen LogP contribution in [0.4, 0.5) is 0 Å². The van der Waals surface area contributed by atoms with E-state index in [2.05, 4.69) is 0 Å². The summed E-state index contributed by atoms with van der Waals surface area (Å²) in [5.74, 6) is -3.33. The third-order valence-corrected chi connectivity index (χ3v) is 5.51. The number of hydrogen-bond acceptors (Lipinski definition) is 9. The molecule has 1 aliphatic carbocycles. The molecule has 0 spiro atoms. The minimum absolute atomic E-state index is 0.00922. The molecular formula is C25H28O9. The van der Waals surface area contributed by atoms with E-state index in [-0.39, 0.29) is 18.1 Å². The van der Waals surface area contributed by atoms with E-state index < -0.39 is 46.5 Å². The van der Waals surface area contributed by atoms with E-state index in [1.165, 1.54) is 14.2 Å². The van der Waals surface area contributed by atoms with Crippen LogP contribution >= 0.6 is 0 Å². The molecule has 0 radical (unpaired) electrons. The molecule has 1 aliphatic heterocycles. The van der Waals surface area contributed by atoms with Crippen molar-refractivity contribution in [1.29, 1.82) is 0 Å². The second-order valence-corrected chi connectivity index (χ2v) is 8.86. The van der Waals surface area contributed by atoms with Gasteiger partial charge in [-0.05, 0) is 52.0 Å². The zero-order valence-electron chi connectivity index (χ0n) is 20.1. The maximum Gasteiger partial charge on any atom is 0.353 e. The van der Waals surface area contributed by atoms with E-state index in [4.69, 9.17) is 23.7 Å². The molecule has 1 aromatic carbocycles. The van der Waals surface area contributed by atoms with Crippen LogP contribution in [0.5, 0.6) is 5.75 Å². The summed E-state index contributed by atoms with van der Waals surface area (Å²) in [4.78, 5) is 53.8. The van der Waals surface area contributed by atoms with Crippen LogP contribution in [0.2, 0.25) is 0 Å². The molecular weight excluding hydrogens is 444 g/mol. The summed E-state index contributed by atoms with van der Waals surface area (Å²) >= 11 is 0. The number of fused-ring (bicyclic) bond motifs is 1. The number of rotatable bonds is 6. The van der Waals surface area contributed by atoms with Gasteiger partial charge in [0.25, 0.3) is 0 Å². The summed E-state index contributed by atoms with van der Waals surface area (Å²) < 4.78 is 27.5. The largest absolute Gasteiger partial charge is 0.499 e. The van der Waals surface area contributed by atoms with Crippen LogP contribution in [0.15, 0.2) is 42.2 Å². The zero-order chi connectivity index (χ0) is 25.3. The smallest absolute Gasteiger partial charge is 0.353 e. The molecule has 3 rings (SSSR count). The number of methoxy groups -OCH3 is 2. The zero-order valence-corrected chi connectivity index (χ0v) is 20.1.